The highest BCUT2D eigenvalue weighted by atomic mass is 32.1. The maximum absolute atomic E-state index is 3.67. The van der Waals surface area contributed by atoms with Crippen LogP contribution in [0, 0.1) is 5.41 Å². The van der Waals surface area contributed by atoms with Gasteiger partial charge in [-0.2, -0.15) is 0 Å². The monoisotopic (exact) mass is 245 g/mol. The van der Waals surface area contributed by atoms with E-state index in [0.717, 1.165) is 6.54 Å². The zero-order valence-electron chi connectivity index (χ0n) is 10.5. The van der Waals surface area contributed by atoms with E-state index in [9.17, 15) is 0 Å². The molecule has 1 atom stereocenters. The molecule has 0 saturated heterocycles. The van der Waals surface area contributed by atoms with Crippen molar-refractivity contribution in [3.8, 4) is 0 Å². The summed E-state index contributed by atoms with van der Waals surface area (Å²) < 4.78 is 1.40. The van der Waals surface area contributed by atoms with Crippen molar-refractivity contribution in [2.75, 3.05) is 6.54 Å². The molecule has 1 aliphatic rings. The first-order valence-electron chi connectivity index (χ1n) is 6.38. The van der Waals surface area contributed by atoms with Crippen molar-refractivity contribution in [2.45, 2.75) is 32.7 Å². The largest absolute Gasteiger partial charge is 0.309 e. The van der Waals surface area contributed by atoms with Gasteiger partial charge in [0.25, 0.3) is 0 Å². The Labute approximate surface area is 107 Å². The standard InChI is InChI=1S/C15H19NS/c1-11(16-10-15(2)7-8-15)14-9-12-5-3-4-6-13(12)17-14/h3-6,9,11,16H,7-8,10H2,1-2H3. The molecular formula is C15H19NS. The van der Waals surface area contributed by atoms with Gasteiger partial charge in [0.2, 0.25) is 0 Å². The van der Waals surface area contributed by atoms with Crippen LogP contribution < -0.4 is 5.32 Å². The van der Waals surface area contributed by atoms with Gasteiger partial charge in [-0.05, 0) is 42.7 Å². The lowest BCUT2D eigenvalue weighted by Crippen LogP contribution is -2.24. The third-order valence-corrected chi connectivity index (χ3v) is 5.11. The summed E-state index contributed by atoms with van der Waals surface area (Å²) in [6.45, 7) is 5.80. The summed E-state index contributed by atoms with van der Waals surface area (Å²) in [4.78, 5) is 1.45. The van der Waals surface area contributed by atoms with Gasteiger partial charge in [-0.3, -0.25) is 0 Å². The summed E-state index contributed by atoms with van der Waals surface area (Å²) in [5.74, 6) is 0. The van der Waals surface area contributed by atoms with Crippen LogP contribution >= 0.6 is 11.3 Å². The van der Waals surface area contributed by atoms with E-state index in [1.165, 1.54) is 27.8 Å². The average Bonchev–Trinajstić information content (AvgIpc) is 2.92. The van der Waals surface area contributed by atoms with E-state index in [1.807, 2.05) is 11.3 Å². The molecular weight excluding hydrogens is 226 g/mol. The Hall–Kier alpha value is -0.860. The Morgan fingerprint density at radius 1 is 1.35 bits per heavy atom. The second-order valence-corrected chi connectivity index (χ2v) is 6.72. The third kappa shape index (κ3) is 2.38. The smallest absolute Gasteiger partial charge is 0.0386 e. The molecule has 0 radical (unpaired) electrons. The van der Waals surface area contributed by atoms with Crippen LogP contribution in [0.3, 0.4) is 0 Å². The Kier molecular flexibility index (Phi) is 2.72. The molecule has 1 heterocycles. The molecule has 1 N–H and O–H groups in total. The fraction of sp³-hybridized carbons (Fsp3) is 0.467. The lowest BCUT2D eigenvalue weighted by Gasteiger charge is -2.15. The molecule has 1 nitrogen and oxygen atoms in total. The van der Waals surface area contributed by atoms with Crippen molar-refractivity contribution in [2.24, 2.45) is 5.41 Å². The maximum atomic E-state index is 3.67. The SMILES string of the molecule is CC(NCC1(C)CC1)c1cc2ccccc2s1. The molecule has 1 fully saturated rings. The number of rotatable bonds is 4. The fourth-order valence-electron chi connectivity index (χ4n) is 2.11. The van der Waals surface area contributed by atoms with E-state index in [1.54, 1.807) is 0 Å². The van der Waals surface area contributed by atoms with Crippen molar-refractivity contribution >= 4 is 21.4 Å². The number of nitrogens with one attached hydrogen (secondary N) is 1. The van der Waals surface area contributed by atoms with Crippen molar-refractivity contribution in [3.63, 3.8) is 0 Å². The normalized spacial score (nSPS) is 19.4. The van der Waals surface area contributed by atoms with E-state index in [2.05, 4.69) is 49.5 Å². The Morgan fingerprint density at radius 2 is 2.12 bits per heavy atom. The van der Waals surface area contributed by atoms with Crippen LogP contribution in [0.4, 0.5) is 0 Å². The van der Waals surface area contributed by atoms with Crippen LogP contribution in [0.5, 0.6) is 0 Å². The minimum Gasteiger partial charge on any atom is -0.309 e. The molecule has 0 bridgehead atoms. The molecule has 2 heteroatoms. The summed E-state index contributed by atoms with van der Waals surface area (Å²) in [6, 6.07) is 11.4. The molecule has 0 amide bonds. The number of thiophene rings is 1. The zero-order chi connectivity index (χ0) is 11.9. The van der Waals surface area contributed by atoms with Crippen molar-refractivity contribution in [3.05, 3.63) is 35.2 Å². The number of hydrogen-bond donors (Lipinski definition) is 1. The van der Waals surface area contributed by atoms with Crippen LogP contribution in [-0.2, 0) is 0 Å². The van der Waals surface area contributed by atoms with Crippen LogP contribution in [-0.4, -0.2) is 6.54 Å². The first kappa shape index (κ1) is 11.2. The topological polar surface area (TPSA) is 12.0 Å². The molecule has 1 aromatic heterocycles. The molecule has 90 valence electrons. The highest BCUT2D eigenvalue weighted by Gasteiger charge is 2.36. The second-order valence-electron chi connectivity index (χ2n) is 5.60. The highest BCUT2D eigenvalue weighted by molar-refractivity contribution is 7.19. The lowest BCUT2D eigenvalue weighted by atomic mass is 10.1. The van der Waals surface area contributed by atoms with E-state index in [-0.39, 0.29) is 0 Å². The molecule has 1 aromatic carbocycles. The van der Waals surface area contributed by atoms with Gasteiger partial charge in [0.05, 0.1) is 0 Å². The van der Waals surface area contributed by atoms with Crippen LogP contribution in [0.1, 0.15) is 37.6 Å². The van der Waals surface area contributed by atoms with Gasteiger partial charge in [0.15, 0.2) is 0 Å². The highest BCUT2D eigenvalue weighted by Crippen LogP contribution is 2.44. The Bertz CT molecular complexity index is 491. The summed E-state index contributed by atoms with van der Waals surface area (Å²) >= 11 is 1.91. The maximum Gasteiger partial charge on any atom is 0.0386 e. The van der Waals surface area contributed by atoms with Crippen LogP contribution in [0.15, 0.2) is 30.3 Å². The van der Waals surface area contributed by atoms with Gasteiger partial charge >= 0.3 is 0 Å². The zero-order valence-corrected chi connectivity index (χ0v) is 11.3. The predicted octanol–water partition coefficient (Wildman–Crippen LogP) is 4.35. The van der Waals surface area contributed by atoms with Gasteiger partial charge in [-0.1, -0.05) is 25.1 Å². The third-order valence-electron chi connectivity index (χ3n) is 3.81. The molecule has 3 rings (SSSR count). The number of fused-ring (bicyclic) bond motifs is 1. The molecule has 1 unspecified atom stereocenters. The molecule has 17 heavy (non-hydrogen) atoms. The second kappa shape index (κ2) is 4.11. The molecule has 0 spiro atoms. The Morgan fingerprint density at radius 3 is 2.82 bits per heavy atom. The van der Waals surface area contributed by atoms with E-state index in [4.69, 9.17) is 0 Å². The van der Waals surface area contributed by atoms with Gasteiger partial charge < -0.3 is 5.32 Å². The average molecular weight is 245 g/mol. The number of hydrogen-bond acceptors (Lipinski definition) is 2. The summed E-state index contributed by atoms with van der Waals surface area (Å²) in [7, 11) is 0. The van der Waals surface area contributed by atoms with E-state index < -0.39 is 0 Å². The van der Waals surface area contributed by atoms with Gasteiger partial charge in [-0.25, -0.2) is 0 Å². The summed E-state index contributed by atoms with van der Waals surface area (Å²) in [6.07, 6.45) is 2.78. The van der Waals surface area contributed by atoms with Crippen molar-refractivity contribution < 1.29 is 0 Å². The lowest BCUT2D eigenvalue weighted by molar-refractivity contribution is 0.460. The van der Waals surface area contributed by atoms with Gasteiger partial charge in [0, 0.05) is 22.2 Å². The fourth-order valence-corrected chi connectivity index (χ4v) is 3.20. The van der Waals surface area contributed by atoms with Crippen LogP contribution in [0.25, 0.3) is 10.1 Å². The quantitative estimate of drug-likeness (QED) is 0.844. The minimum absolute atomic E-state index is 0.477. The molecule has 0 aliphatic heterocycles. The molecule has 2 aromatic rings. The number of benzene rings is 1. The molecule has 1 saturated carbocycles. The minimum atomic E-state index is 0.477. The van der Waals surface area contributed by atoms with E-state index >= 15 is 0 Å². The summed E-state index contributed by atoms with van der Waals surface area (Å²) in [5, 5.41) is 5.05. The van der Waals surface area contributed by atoms with Crippen LogP contribution in [0.2, 0.25) is 0 Å². The van der Waals surface area contributed by atoms with Crippen molar-refractivity contribution in [1.82, 2.24) is 5.32 Å². The first-order valence-corrected chi connectivity index (χ1v) is 7.20. The molecule has 1 aliphatic carbocycles. The predicted molar refractivity (Wildman–Crippen MR) is 75.6 cm³/mol. The Balaban J connectivity index is 1.73. The van der Waals surface area contributed by atoms with Gasteiger partial charge in [0.1, 0.15) is 0 Å². The van der Waals surface area contributed by atoms with E-state index in [0.29, 0.717) is 11.5 Å². The van der Waals surface area contributed by atoms with Crippen molar-refractivity contribution in [1.29, 1.82) is 0 Å². The summed E-state index contributed by atoms with van der Waals surface area (Å²) in [5.41, 5.74) is 0.588. The first-order chi connectivity index (χ1) is 8.16. The van der Waals surface area contributed by atoms with Gasteiger partial charge in [-0.15, -0.1) is 11.3 Å².